The summed E-state index contributed by atoms with van der Waals surface area (Å²) in [6, 6.07) is 0.220. The molecule has 0 aliphatic carbocycles. The van der Waals surface area contributed by atoms with E-state index in [-0.39, 0.29) is 6.04 Å². The van der Waals surface area contributed by atoms with Gasteiger partial charge in [-0.2, -0.15) is 5.10 Å². The maximum atomic E-state index is 6.17. The predicted molar refractivity (Wildman–Crippen MR) is 86.7 cm³/mol. The van der Waals surface area contributed by atoms with Crippen LogP contribution in [0.4, 0.5) is 5.82 Å². The second kappa shape index (κ2) is 7.27. The van der Waals surface area contributed by atoms with Gasteiger partial charge >= 0.3 is 0 Å². The number of aromatic nitrogens is 2. The maximum absolute atomic E-state index is 6.17. The highest BCUT2D eigenvalue weighted by molar-refractivity contribution is 5.51. The van der Waals surface area contributed by atoms with Crippen LogP contribution in [-0.4, -0.2) is 42.6 Å². The van der Waals surface area contributed by atoms with Crippen LogP contribution >= 0.6 is 0 Å². The van der Waals surface area contributed by atoms with Crippen molar-refractivity contribution < 1.29 is 4.74 Å². The molecule has 2 rings (SSSR count). The van der Waals surface area contributed by atoms with Gasteiger partial charge in [-0.3, -0.25) is 4.68 Å². The summed E-state index contributed by atoms with van der Waals surface area (Å²) in [5, 5.41) is 4.62. The van der Waals surface area contributed by atoms with Gasteiger partial charge in [0.1, 0.15) is 5.82 Å². The molecule has 1 saturated heterocycles. The lowest BCUT2D eigenvalue weighted by atomic mass is 9.97. The van der Waals surface area contributed by atoms with Crippen LogP contribution in [0.5, 0.6) is 0 Å². The van der Waals surface area contributed by atoms with Crippen LogP contribution in [0.15, 0.2) is 0 Å². The fourth-order valence-corrected chi connectivity index (χ4v) is 3.28. The summed E-state index contributed by atoms with van der Waals surface area (Å²) in [5.41, 5.74) is 8.62. The van der Waals surface area contributed by atoms with Crippen LogP contribution < -0.4 is 10.6 Å². The smallest absolute Gasteiger partial charge is 0.130 e. The quantitative estimate of drug-likeness (QED) is 0.870. The Labute approximate surface area is 128 Å². The fraction of sp³-hybridized carbons (Fsp3) is 0.812. The van der Waals surface area contributed by atoms with Crippen molar-refractivity contribution in [2.24, 2.45) is 18.7 Å². The molecule has 2 heterocycles. The van der Waals surface area contributed by atoms with Gasteiger partial charge in [0.2, 0.25) is 0 Å². The average molecular weight is 294 g/mol. The first-order valence-electron chi connectivity index (χ1n) is 8.08. The SMILES string of the molecule is CCC(N)Cc1c(C)nn(C)c1N1CCC(COC)CC1. The second-order valence-corrected chi connectivity index (χ2v) is 6.27. The maximum Gasteiger partial charge on any atom is 0.130 e. The molecule has 0 bridgehead atoms. The van der Waals surface area contributed by atoms with Gasteiger partial charge in [0.15, 0.2) is 0 Å². The Kier molecular flexibility index (Phi) is 5.65. The molecule has 0 amide bonds. The molecule has 1 aliphatic rings. The third-order valence-electron chi connectivity index (χ3n) is 4.62. The Hall–Kier alpha value is -1.07. The van der Waals surface area contributed by atoms with Crippen molar-refractivity contribution in [2.75, 3.05) is 31.7 Å². The lowest BCUT2D eigenvalue weighted by Gasteiger charge is -2.34. The Morgan fingerprint density at radius 2 is 2.05 bits per heavy atom. The van der Waals surface area contributed by atoms with Crippen molar-refractivity contribution in [3.05, 3.63) is 11.3 Å². The van der Waals surface area contributed by atoms with E-state index < -0.39 is 0 Å². The Morgan fingerprint density at radius 1 is 1.38 bits per heavy atom. The van der Waals surface area contributed by atoms with Crippen LogP contribution in [0.1, 0.15) is 37.4 Å². The van der Waals surface area contributed by atoms with Crippen molar-refractivity contribution in [3.63, 3.8) is 0 Å². The highest BCUT2D eigenvalue weighted by Crippen LogP contribution is 2.29. The minimum atomic E-state index is 0.220. The Bertz CT molecular complexity index is 449. The highest BCUT2D eigenvalue weighted by Gasteiger charge is 2.25. The molecule has 1 fully saturated rings. The van der Waals surface area contributed by atoms with Gasteiger partial charge in [-0.05, 0) is 38.5 Å². The van der Waals surface area contributed by atoms with E-state index in [0.29, 0.717) is 5.92 Å². The van der Waals surface area contributed by atoms with E-state index in [1.165, 1.54) is 24.2 Å². The van der Waals surface area contributed by atoms with Crippen molar-refractivity contribution in [1.82, 2.24) is 9.78 Å². The fourth-order valence-electron chi connectivity index (χ4n) is 3.28. The van der Waals surface area contributed by atoms with Crippen LogP contribution in [-0.2, 0) is 18.2 Å². The molecule has 1 aromatic rings. The van der Waals surface area contributed by atoms with E-state index in [1.54, 1.807) is 7.11 Å². The van der Waals surface area contributed by atoms with E-state index in [2.05, 4.69) is 23.8 Å². The number of rotatable bonds is 6. The topological polar surface area (TPSA) is 56.3 Å². The normalized spacial score (nSPS) is 18.2. The monoisotopic (exact) mass is 294 g/mol. The summed E-state index contributed by atoms with van der Waals surface area (Å²) in [5.74, 6) is 1.97. The lowest BCUT2D eigenvalue weighted by molar-refractivity contribution is 0.139. The molecular weight excluding hydrogens is 264 g/mol. The molecule has 0 aromatic carbocycles. The van der Waals surface area contributed by atoms with E-state index in [4.69, 9.17) is 10.5 Å². The summed E-state index contributed by atoms with van der Waals surface area (Å²) in [7, 11) is 3.84. The molecular formula is C16H30N4O. The molecule has 120 valence electrons. The molecule has 0 radical (unpaired) electrons. The van der Waals surface area contributed by atoms with Gasteiger partial charge in [-0.25, -0.2) is 0 Å². The Morgan fingerprint density at radius 3 is 2.62 bits per heavy atom. The molecule has 5 heteroatoms. The van der Waals surface area contributed by atoms with Gasteiger partial charge in [-0.1, -0.05) is 6.92 Å². The first-order valence-corrected chi connectivity index (χ1v) is 8.08. The molecule has 1 atom stereocenters. The van der Waals surface area contributed by atoms with Gasteiger partial charge in [-0.15, -0.1) is 0 Å². The third-order valence-corrected chi connectivity index (χ3v) is 4.62. The summed E-state index contributed by atoms with van der Waals surface area (Å²) >= 11 is 0. The van der Waals surface area contributed by atoms with E-state index in [1.807, 2.05) is 11.7 Å². The van der Waals surface area contributed by atoms with Crippen molar-refractivity contribution in [3.8, 4) is 0 Å². The van der Waals surface area contributed by atoms with Gasteiger partial charge in [0.25, 0.3) is 0 Å². The number of nitrogens with zero attached hydrogens (tertiary/aromatic N) is 3. The molecule has 0 spiro atoms. The number of nitrogens with two attached hydrogens (primary N) is 1. The molecule has 2 N–H and O–H groups in total. The molecule has 1 aromatic heterocycles. The largest absolute Gasteiger partial charge is 0.384 e. The van der Waals surface area contributed by atoms with E-state index in [9.17, 15) is 0 Å². The van der Waals surface area contributed by atoms with Crippen LogP contribution in [0, 0.1) is 12.8 Å². The number of piperidine rings is 1. The van der Waals surface area contributed by atoms with Crippen LogP contribution in [0.2, 0.25) is 0 Å². The Balaban J connectivity index is 2.12. The summed E-state index contributed by atoms with van der Waals surface area (Å²) in [6.45, 7) is 7.29. The zero-order valence-corrected chi connectivity index (χ0v) is 13.9. The standard InChI is InChI=1S/C16H30N4O/c1-5-14(17)10-15-12(2)18-19(3)16(15)20-8-6-13(7-9-20)11-21-4/h13-14H,5-11,17H2,1-4H3. The zero-order valence-electron chi connectivity index (χ0n) is 13.9. The van der Waals surface area contributed by atoms with E-state index >= 15 is 0 Å². The first kappa shape index (κ1) is 16.3. The molecule has 0 saturated carbocycles. The predicted octanol–water partition coefficient (Wildman–Crippen LogP) is 1.87. The highest BCUT2D eigenvalue weighted by atomic mass is 16.5. The van der Waals surface area contributed by atoms with Crippen molar-refractivity contribution in [1.29, 1.82) is 0 Å². The number of hydrogen-bond acceptors (Lipinski definition) is 4. The van der Waals surface area contributed by atoms with E-state index in [0.717, 1.165) is 38.2 Å². The summed E-state index contributed by atoms with van der Waals surface area (Å²) < 4.78 is 7.32. The number of anilines is 1. The van der Waals surface area contributed by atoms with Crippen LogP contribution in [0.3, 0.4) is 0 Å². The van der Waals surface area contributed by atoms with Gasteiger partial charge < -0.3 is 15.4 Å². The molecule has 5 nitrogen and oxygen atoms in total. The zero-order chi connectivity index (χ0) is 15.4. The minimum Gasteiger partial charge on any atom is -0.384 e. The van der Waals surface area contributed by atoms with Crippen molar-refractivity contribution >= 4 is 5.82 Å². The third kappa shape index (κ3) is 3.77. The number of aryl methyl sites for hydroxylation is 2. The average Bonchev–Trinajstić information content (AvgIpc) is 2.74. The number of ether oxygens (including phenoxy) is 1. The summed E-state index contributed by atoms with van der Waals surface area (Å²) in [6.07, 6.45) is 4.31. The van der Waals surface area contributed by atoms with Gasteiger partial charge in [0.05, 0.1) is 5.69 Å². The minimum absolute atomic E-state index is 0.220. The van der Waals surface area contributed by atoms with Crippen LogP contribution in [0.25, 0.3) is 0 Å². The summed E-state index contributed by atoms with van der Waals surface area (Å²) in [4.78, 5) is 2.48. The van der Waals surface area contributed by atoms with Gasteiger partial charge in [0, 0.05) is 45.5 Å². The molecule has 1 aliphatic heterocycles. The van der Waals surface area contributed by atoms with Crippen molar-refractivity contribution in [2.45, 2.75) is 45.6 Å². The molecule has 21 heavy (non-hydrogen) atoms. The first-order chi connectivity index (χ1) is 10.1. The number of methoxy groups -OCH3 is 1. The molecule has 1 unspecified atom stereocenters. The second-order valence-electron chi connectivity index (χ2n) is 6.27. The number of hydrogen-bond donors (Lipinski definition) is 1. The lowest BCUT2D eigenvalue weighted by Crippen LogP contribution is -2.37.